The van der Waals surface area contributed by atoms with Crippen LogP contribution in [0.2, 0.25) is 6.82 Å². The Balaban J connectivity index is -0.000000468. The van der Waals surface area contributed by atoms with E-state index in [9.17, 15) is 38.0 Å². The number of aryl methyl sites for hydroxylation is 7. The van der Waals surface area contributed by atoms with Gasteiger partial charge in [-0.1, -0.05) is 13.8 Å². The van der Waals surface area contributed by atoms with E-state index in [0.29, 0.717) is 38.9 Å². The highest BCUT2D eigenvalue weighted by Crippen LogP contribution is 2.21. The highest BCUT2D eigenvalue weighted by molar-refractivity contribution is 6.39. The molecule has 7 N–H and O–H groups in total. The van der Waals surface area contributed by atoms with Crippen molar-refractivity contribution >= 4 is 47.6 Å². The largest absolute Gasteiger partial charge is 0.508 e. The Morgan fingerprint density at radius 2 is 0.467 bits per heavy atom. The highest BCUT2D eigenvalue weighted by atomic mass is 19.1. The molecule has 0 bridgehead atoms. The maximum Gasteiger partial charge on any atom is 0.448 e. The van der Waals surface area contributed by atoms with Crippen LogP contribution in [0.1, 0.15) is 174 Å². The Kier molecular flexibility index (Phi) is 46.4. The Hall–Kier alpha value is -9.14. The van der Waals surface area contributed by atoms with Gasteiger partial charge in [0.05, 0.1) is 21.3 Å². The van der Waals surface area contributed by atoms with Crippen molar-refractivity contribution in [1.82, 2.24) is 0 Å². The van der Waals surface area contributed by atoms with Gasteiger partial charge in [0, 0.05) is 53.2 Å². The van der Waals surface area contributed by atoms with Crippen molar-refractivity contribution in [3.63, 3.8) is 0 Å². The van der Waals surface area contributed by atoms with Gasteiger partial charge < -0.3 is 49.8 Å². The van der Waals surface area contributed by atoms with Crippen LogP contribution in [0.15, 0.2) is 127 Å². The molecule has 7 aromatic carbocycles. The molecule has 0 aliphatic heterocycles. The predicted octanol–water partition coefficient (Wildman–Crippen LogP) is 14.0. The number of hydrogen-bond donors (Lipinski definition) is 7. The van der Waals surface area contributed by atoms with Crippen molar-refractivity contribution in [1.29, 1.82) is 0 Å². The summed E-state index contributed by atoms with van der Waals surface area (Å²) in [6, 6.07) is 35.3. The number of benzene rings is 7. The van der Waals surface area contributed by atoms with Gasteiger partial charge in [0.1, 0.15) is 40.3 Å². The third-order valence-electron chi connectivity index (χ3n) is 10.9. The lowest BCUT2D eigenvalue weighted by Gasteiger charge is -2.03. The van der Waals surface area contributed by atoms with Gasteiger partial charge in [-0.05, 0) is 270 Å². The van der Waals surface area contributed by atoms with Crippen LogP contribution in [0.3, 0.4) is 0 Å². The number of carbonyl (C=O) groups is 7. The van der Waals surface area contributed by atoms with Gasteiger partial charge in [-0.3, -0.25) is 33.6 Å². The number of ketones is 7. The molecule has 0 heterocycles. The van der Waals surface area contributed by atoms with Crippen molar-refractivity contribution in [2.45, 2.75) is 118 Å². The van der Waals surface area contributed by atoms with Crippen LogP contribution in [0.5, 0.6) is 34.5 Å². The molecule has 90 heavy (non-hydrogen) atoms. The molecule has 0 amide bonds. The second-order valence-corrected chi connectivity index (χ2v) is 19.4. The number of aliphatic hydroxyl groups excluding tert-OH is 2. The number of methoxy groups -OCH3 is 3. The van der Waals surface area contributed by atoms with Gasteiger partial charge in [-0.25, -0.2) is 4.39 Å². The van der Waals surface area contributed by atoms with E-state index in [1.807, 2.05) is 91.8 Å². The van der Waals surface area contributed by atoms with Crippen molar-refractivity contribution in [3.8, 4) is 34.5 Å². The minimum absolute atomic E-state index is 0.0241. The molecule has 0 spiro atoms. The fraction of sp³-hybridized carbons (Fsp3) is 0.310. The molecule has 0 aromatic heterocycles. The maximum atomic E-state index is 12.6. The van der Waals surface area contributed by atoms with E-state index >= 15 is 0 Å². The molecule has 0 unspecified atom stereocenters. The van der Waals surface area contributed by atoms with Gasteiger partial charge >= 0.3 is 7.12 Å². The monoisotopic (exact) mass is 1250 g/mol. The van der Waals surface area contributed by atoms with Crippen LogP contribution in [0.25, 0.3) is 0 Å². The molecular weight excluding hydrogens is 1150 g/mol. The summed E-state index contributed by atoms with van der Waals surface area (Å²) in [7, 11) is 5.62. The number of aliphatic hydroxyl groups is 2. The molecule has 0 fully saturated rings. The molecule has 0 atom stereocenters. The number of aromatic hydroxyl groups is 3. The number of ether oxygens (including phenoxy) is 3. The molecule has 0 aliphatic carbocycles. The molecule has 0 saturated carbocycles. The van der Waals surface area contributed by atoms with Crippen molar-refractivity contribution in [2.24, 2.45) is 0 Å². The number of halogens is 1. The van der Waals surface area contributed by atoms with Crippen molar-refractivity contribution < 1.29 is 87.7 Å². The Bertz CT molecular complexity index is 2890. The summed E-state index contributed by atoms with van der Waals surface area (Å²) in [6.07, 6.45) is 0. The SMILES string of the molecule is CB(O)O.CC.CC(=O)c1cc(C)cc(F)c1.CC(=O)c1cc(C)cc(O)c1.CC(=O)c1cc(C)cc(O)c1.CC(=O)c1cc(C)cc(O)c1.CO.CO.COc1cc(C)cc(C(C)=O)c1.COc1cc(C)cc(C(C)=O)c1.COc1cc(C)cc(C(C)=O)c1. The lowest BCUT2D eigenvalue weighted by molar-refractivity contribution is 0.100. The fourth-order valence-electron chi connectivity index (χ4n) is 7.05. The zero-order chi connectivity index (χ0) is 70.7. The first-order valence-electron chi connectivity index (χ1n) is 28.0. The molecule has 7 rings (SSSR count). The lowest BCUT2D eigenvalue weighted by Crippen LogP contribution is -2.00. The summed E-state index contributed by atoms with van der Waals surface area (Å²) in [5.74, 6) is 2.33. The van der Waals surface area contributed by atoms with Gasteiger partial charge in [0.25, 0.3) is 0 Å². The second-order valence-electron chi connectivity index (χ2n) is 19.4. The molecule has 0 aliphatic rings. The number of Topliss-reactive ketones (excluding diaryl/α,β-unsaturated/α-hetero) is 7. The topological polar surface area (TPSA) is 289 Å². The van der Waals surface area contributed by atoms with Crippen LogP contribution in [-0.2, 0) is 0 Å². The minimum atomic E-state index is -1.17. The Morgan fingerprint density at radius 1 is 0.311 bits per heavy atom. The first-order chi connectivity index (χ1) is 42.0. The Labute approximate surface area is 532 Å². The van der Waals surface area contributed by atoms with E-state index in [2.05, 4.69) is 0 Å². The zero-order valence-electron chi connectivity index (χ0n) is 56.3. The summed E-state index contributed by atoms with van der Waals surface area (Å²) >= 11 is 0. The second kappa shape index (κ2) is 47.9. The van der Waals surface area contributed by atoms with Crippen molar-refractivity contribution in [3.05, 3.63) is 211 Å². The molecule has 490 valence electrons. The lowest BCUT2D eigenvalue weighted by atomic mass is 9.99. The van der Waals surface area contributed by atoms with Crippen LogP contribution in [-0.4, -0.2) is 119 Å². The number of phenolic OH excluding ortho intramolecular Hbond substituents is 3. The van der Waals surface area contributed by atoms with E-state index in [0.717, 1.165) is 70.4 Å². The van der Waals surface area contributed by atoms with Crippen molar-refractivity contribution in [2.75, 3.05) is 35.5 Å². The number of phenols is 3. The van der Waals surface area contributed by atoms with Gasteiger partial charge in [-0.15, -0.1) is 0 Å². The average Bonchev–Trinajstić information content (AvgIpc) is 3.68. The van der Waals surface area contributed by atoms with Gasteiger partial charge in [-0.2, -0.15) is 0 Å². The summed E-state index contributed by atoms with van der Waals surface area (Å²) in [6.45, 7) is 28.9. The van der Waals surface area contributed by atoms with E-state index in [1.165, 1.54) is 64.8 Å². The zero-order valence-corrected chi connectivity index (χ0v) is 56.3. The standard InChI is InChI=1S/3C10H12O2.C9H9FO.3C9H10O2.C2H6.CH5BO2.2CH4O/c3*1-7-4-9(8(2)11)6-10(5-7)12-3;1-6-3-8(7(2)11)5-9(10)4-6;3*1-6-3-8(7(2)10)5-9(11)4-6;1-2;1-2(3)4;2*1-2/h3*4-6H,1-3H3;3-5H,1-2H3;3*3-5,11H,1-2H3;1-2H3;3-4H,1H3;2*2H,1H3. The predicted molar refractivity (Wildman–Crippen MR) is 357 cm³/mol. The molecular formula is C71H94BFO17. The van der Waals surface area contributed by atoms with Gasteiger partial charge in [0.2, 0.25) is 0 Å². The fourth-order valence-corrected chi connectivity index (χ4v) is 7.05. The van der Waals surface area contributed by atoms with E-state index in [-0.39, 0.29) is 63.5 Å². The quantitative estimate of drug-likeness (QED) is 0.0495. The molecule has 19 heteroatoms. The minimum Gasteiger partial charge on any atom is -0.508 e. The third-order valence-corrected chi connectivity index (χ3v) is 10.9. The third kappa shape index (κ3) is 40.3. The summed E-state index contributed by atoms with van der Waals surface area (Å²) in [5.41, 5.74) is 10.8. The number of rotatable bonds is 10. The first-order valence-corrected chi connectivity index (χ1v) is 28.0. The molecule has 7 aromatic rings. The molecule has 0 saturated heterocycles. The Morgan fingerprint density at radius 3 is 0.622 bits per heavy atom. The number of carbonyl (C=O) groups excluding carboxylic acids is 7. The summed E-state index contributed by atoms with van der Waals surface area (Å²) in [4.78, 5) is 76.3. The maximum absolute atomic E-state index is 12.6. The first kappa shape index (κ1) is 87.3. The molecule has 0 radical (unpaired) electrons. The van der Waals surface area contributed by atoms with E-state index < -0.39 is 7.12 Å². The van der Waals surface area contributed by atoms with Crippen LogP contribution in [0.4, 0.5) is 4.39 Å². The van der Waals surface area contributed by atoms with Crippen LogP contribution < -0.4 is 14.2 Å². The summed E-state index contributed by atoms with van der Waals surface area (Å²) in [5, 5.41) is 56.5. The number of hydrogen-bond acceptors (Lipinski definition) is 17. The molecule has 17 nitrogen and oxygen atoms in total. The van der Waals surface area contributed by atoms with E-state index in [1.54, 1.807) is 110 Å². The highest BCUT2D eigenvalue weighted by Gasteiger charge is 2.07. The average molecular weight is 1250 g/mol. The van der Waals surface area contributed by atoms with Crippen LogP contribution >= 0.6 is 0 Å². The van der Waals surface area contributed by atoms with Crippen LogP contribution in [0, 0.1) is 54.3 Å². The van der Waals surface area contributed by atoms with E-state index in [4.69, 9.17) is 49.8 Å². The van der Waals surface area contributed by atoms with Gasteiger partial charge in [0.15, 0.2) is 40.5 Å². The normalized spacial score (nSPS) is 9.06. The smallest absolute Gasteiger partial charge is 0.448 e. The summed E-state index contributed by atoms with van der Waals surface area (Å²) < 4.78 is 27.7.